The number of ether oxygens (including phenoxy) is 1. The standard InChI is InChI=1S/C15H23N3O2/c1-10-13(16)5-4-6-14(10)17-15(19)11(2)18(3)12-7-8-20-9-12/h4-6,11-12H,7-9,16H2,1-3H3,(H,17,19). The fourth-order valence-electron chi connectivity index (χ4n) is 2.37. The van der Waals surface area contributed by atoms with E-state index in [9.17, 15) is 4.79 Å². The van der Waals surface area contributed by atoms with Gasteiger partial charge in [0, 0.05) is 24.0 Å². The molecule has 1 aromatic carbocycles. The third kappa shape index (κ3) is 3.11. The minimum Gasteiger partial charge on any atom is -0.398 e. The van der Waals surface area contributed by atoms with Gasteiger partial charge in [-0.1, -0.05) is 6.07 Å². The summed E-state index contributed by atoms with van der Waals surface area (Å²) in [5, 5.41) is 2.95. The van der Waals surface area contributed by atoms with Gasteiger partial charge in [-0.3, -0.25) is 9.69 Å². The number of carbonyl (C=O) groups excluding carboxylic acids is 1. The molecule has 0 aromatic heterocycles. The van der Waals surface area contributed by atoms with Gasteiger partial charge in [-0.25, -0.2) is 0 Å². The lowest BCUT2D eigenvalue weighted by Gasteiger charge is -2.28. The number of hydrogen-bond acceptors (Lipinski definition) is 4. The number of nitrogens with one attached hydrogen (secondary N) is 1. The summed E-state index contributed by atoms with van der Waals surface area (Å²) in [7, 11) is 1.97. The van der Waals surface area contributed by atoms with Crippen molar-refractivity contribution >= 4 is 17.3 Å². The van der Waals surface area contributed by atoms with Gasteiger partial charge in [-0.05, 0) is 45.0 Å². The number of nitrogens with zero attached hydrogens (tertiary/aromatic N) is 1. The second-order valence-corrected chi connectivity index (χ2v) is 5.37. The molecule has 110 valence electrons. The van der Waals surface area contributed by atoms with Gasteiger partial charge in [0.15, 0.2) is 0 Å². The number of anilines is 2. The van der Waals surface area contributed by atoms with Crippen LogP contribution in [0.25, 0.3) is 0 Å². The fourth-order valence-corrected chi connectivity index (χ4v) is 2.37. The van der Waals surface area contributed by atoms with Crippen LogP contribution in [0.15, 0.2) is 18.2 Å². The number of carbonyl (C=O) groups is 1. The Bertz CT molecular complexity index is 484. The molecule has 0 radical (unpaired) electrons. The van der Waals surface area contributed by atoms with Crippen molar-refractivity contribution in [1.29, 1.82) is 0 Å². The maximum atomic E-state index is 12.3. The second kappa shape index (κ2) is 6.24. The second-order valence-electron chi connectivity index (χ2n) is 5.37. The Morgan fingerprint density at radius 1 is 1.55 bits per heavy atom. The Morgan fingerprint density at radius 3 is 2.95 bits per heavy atom. The van der Waals surface area contributed by atoms with Gasteiger partial charge in [0.05, 0.1) is 12.6 Å². The first-order valence-corrected chi connectivity index (χ1v) is 6.96. The molecule has 5 heteroatoms. The Labute approximate surface area is 120 Å². The first-order valence-electron chi connectivity index (χ1n) is 6.96. The van der Waals surface area contributed by atoms with Gasteiger partial charge < -0.3 is 15.8 Å². The molecular weight excluding hydrogens is 254 g/mol. The number of hydrogen-bond donors (Lipinski definition) is 2. The molecule has 1 heterocycles. The average Bonchev–Trinajstić information content (AvgIpc) is 2.96. The summed E-state index contributed by atoms with van der Waals surface area (Å²) in [6, 6.07) is 5.66. The Morgan fingerprint density at radius 2 is 2.30 bits per heavy atom. The van der Waals surface area contributed by atoms with Crippen molar-refractivity contribution in [1.82, 2.24) is 4.90 Å². The van der Waals surface area contributed by atoms with Crippen LogP contribution in [-0.2, 0) is 9.53 Å². The molecule has 0 aliphatic carbocycles. The van der Waals surface area contributed by atoms with Gasteiger partial charge in [0.25, 0.3) is 0 Å². The van der Waals surface area contributed by atoms with Gasteiger partial charge in [-0.2, -0.15) is 0 Å². The molecule has 20 heavy (non-hydrogen) atoms. The summed E-state index contributed by atoms with van der Waals surface area (Å²) in [6.45, 7) is 5.29. The zero-order chi connectivity index (χ0) is 14.7. The van der Waals surface area contributed by atoms with Crippen molar-refractivity contribution in [3.63, 3.8) is 0 Å². The Balaban J connectivity index is 2.01. The maximum Gasteiger partial charge on any atom is 0.241 e. The third-order valence-electron chi connectivity index (χ3n) is 4.11. The van der Waals surface area contributed by atoms with Crippen LogP contribution in [0.4, 0.5) is 11.4 Å². The van der Waals surface area contributed by atoms with E-state index in [1.54, 1.807) is 0 Å². The number of benzene rings is 1. The van der Waals surface area contributed by atoms with Gasteiger partial charge >= 0.3 is 0 Å². The van der Waals surface area contributed by atoms with E-state index in [2.05, 4.69) is 10.2 Å². The van der Waals surface area contributed by atoms with Crippen molar-refractivity contribution in [3.05, 3.63) is 23.8 Å². The number of nitrogens with two attached hydrogens (primary N) is 1. The molecule has 0 spiro atoms. The number of rotatable bonds is 4. The van der Waals surface area contributed by atoms with Crippen LogP contribution in [0.1, 0.15) is 18.9 Å². The molecular formula is C15H23N3O2. The average molecular weight is 277 g/mol. The number of nitrogen functional groups attached to an aromatic ring is 1. The molecule has 1 aliphatic rings. The van der Waals surface area contributed by atoms with Crippen LogP contribution >= 0.6 is 0 Å². The van der Waals surface area contributed by atoms with Crippen molar-refractivity contribution in [3.8, 4) is 0 Å². The predicted molar refractivity (Wildman–Crippen MR) is 80.7 cm³/mol. The summed E-state index contributed by atoms with van der Waals surface area (Å²) in [5.41, 5.74) is 8.22. The summed E-state index contributed by atoms with van der Waals surface area (Å²) >= 11 is 0. The highest BCUT2D eigenvalue weighted by atomic mass is 16.5. The van der Waals surface area contributed by atoms with Crippen molar-refractivity contribution in [2.75, 3.05) is 31.3 Å². The van der Waals surface area contributed by atoms with E-state index in [0.717, 1.165) is 24.3 Å². The summed E-state index contributed by atoms with van der Waals surface area (Å²) in [6.07, 6.45) is 0.978. The normalized spacial score (nSPS) is 20.1. The number of amides is 1. The first-order chi connectivity index (χ1) is 9.50. The maximum absolute atomic E-state index is 12.3. The Hall–Kier alpha value is -1.59. The van der Waals surface area contributed by atoms with Gasteiger partial charge in [-0.15, -0.1) is 0 Å². The monoisotopic (exact) mass is 277 g/mol. The SMILES string of the molecule is Cc1c(N)cccc1NC(=O)C(C)N(C)C1CCOC1. The van der Waals surface area contributed by atoms with E-state index in [1.807, 2.05) is 39.1 Å². The van der Waals surface area contributed by atoms with E-state index >= 15 is 0 Å². The van der Waals surface area contributed by atoms with Crippen LogP contribution in [0.5, 0.6) is 0 Å². The zero-order valence-electron chi connectivity index (χ0n) is 12.3. The predicted octanol–water partition coefficient (Wildman–Crippen LogP) is 1.62. The van der Waals surface area contributed by atoms with Crippen molar-refractivity contribution < 1.29 is 9.53 Å². The summed E-state index contributed by atoms with van der Waals surface area (Å²) in [5.74, 6) is -0.0203. The molecule has 0 saturated carbocycles. The molecule has 0 bridgehead atoms. The van der Waals surface area contributed by atoms with Gasteiger partial charge in [0.1, 0.15) is 0 Å². The molecule has 1 fully saturated rings. The van der Waals surface area contributed by atoms with E-state index in [-0.39, 0.29) is 11.9 Å². The minimum absolute atomic E-state index is 0.0203. The highest BCUT2D eigenvalue weighted by molar-refractivity contribution is 5.95. The van der Waals surface area contributed by atoms with E-state index in [4.69, 9.17) is 10.5 Å². The molecule has 1 amide bonds. The number of likely N-dealkylation sites (N-methyl/N-ethyl adjacent to an activating group) is 1. The van der Waals surface area contributed by atoms with E-state index in [1.165, 1.54) is 0 Å². The van der Waals surface area contributed by atoms with Crippen LogP contribution in [0, 0.1) is 6.92 Å². The van der Waals surface area contributed by atoms with Crippen LogP contribution < -0.4 is 11.1 Å². The molecule has 2 unspecified atom stereocenters. The first kappa shape index (κ1) is 14.8. The minimum atomic E-state index is -0.206. The molecule has 2 atom stereocenters. The third-order valence-corrected chi connectivity index (χ3v) is 4.11. The molecule has 1 aliphatic heterocycles. The molecule has 1 saturated heterocycles. The molecule has 2 rings (SSSR count). The van der Waals surface area contributed by atoms with Gasteiger partial charge in [0.2, 0.25) is 5.91 Å². The largest absolute Gasteiger partial charge is 0.398 e. The molecule has 5 nitrogen and oxygen atoms in total. The van der Waals surface area contributed by atoms with Crippen molar-refractivity contribution in [2.24, 2.45) is 0 Å². The van der Waals surface area contributed by atoms with Crippen LogP contribution in [-0.4, -0.2) is 43.2 Å². The van der Waals surface area contributed by atoms with Crippen LogP contribution in [0.2, 0.25) is 0 Å². The summed E-state index contributed by atoms with van der Waals surface area (Å²) < 4.78 is 5.37. The fraction of sp³-hybridized carbons (Fsp3) is 0.533. The Kier molecular flexibility index (Phi) is 4.62. The summed E-state index contributed by atoms with van der Waals surface area (Å²) in [4.78, 5) is 14.4. The lowest BCUT2D eigenvalue weighted by Crippen LogP contribution is -2.45. The molecule has 1 aromatic rings. The van der Waals surface area contributed by atoms with Crippen molar-refractivity contribution in [2.45, 2.75) is 32.4 Å². The lowest BCUT2D eigenvalue weighted by molar-refractivity contribution is -0.121. The van der Waals surface area contributed by atoms with Crippen LogP contribution in [0.3, 0.4) is 0 Å². The molecule has 3 N–H and O–H groups in total. The smallest absolute Gasteiger partial charge is 0.241 e. The van der Waals surface area contributed by atoms with E-state index in [0.29, 0.717) is 18.3 Å². The highest BCUT2D eigenvalue weighted by Crippen LogP contribution is 2.21. The zero-order valence-corrected chi connectivity index (χ0v) is 12.3. The van der Waals surface area contributed by atoms with E-state index < -0.39 is 0 Å². The highest BCUT2D eigenvalue weighted by Gasteiger charge is 2.27. The lowest BCUT2D eigenvalue weighted by atomic mass is 10.1. The topological polar surface area (TPSA) is 67.6 Å². The quantitative estimate of drug-likeness (QED) is 0.821.